The normalized spacial score (nSPS) is 13.8. The maximum atomic E-state index is 10.5. The summed E-state index contributed by atoms with van der Waals surface area (Å²) < 4.78 is -19.4. The van der Waals surface area contributed by atoms with E-state index in [1.54, 1.807) is 0 Å². The molecule has 0 bridgehead atoms. The molecule has 19 nitrogen and oxygen atoms in total. The molecule has 4 N–H and O–H groups in total. The SMILES string of the molecule is O=[N+]([O-])[Rh]([N+](=O)[O-])([N+](=O)[O-])([N+](=O)[O-])([N+](=O)[O-])[N+](=O)[O-].[NH4+]. The van der Waals surface area contributed by atoms with Gasteiger partial charge in [-0.25, -0.2) is 0 Å². The summed E-state index contributed by atoms with van der Waals surface area (Å²) in [5, 5.41) is 63.3. The van der Waals surface area contributed by atoms with Crippen LogP contribution in [0.25, 0.3) is 0 Å². The fourth-order valence-electron chi connectivity index (χ4n) is 0.667. The summed E-state index contributed by atoms with van der Waals surface area (Å²) in [7, 11) is 0. The second-order valence-electron chi connectivity index (χ2n) is 2.18. The van der Waals surface area contributed by atoms with Crippen LogP contribution < -0.4 is 6.15 Å². The van der Waals surface area contributed by atoms with E-state index >= 15 is 0 Å². The number of hydrogen-bond donors (Lipinski definition) is 1. The van der Waals surface area contributed by atoms with Crippen LogP contribution >= 0.6 is 0 Å². The molecular formula is H4N7O12Rh+. The van der Waals surface area contributed by atoms with E-state index in [1.807, 2.05) is 0 Å². The zero-order chi connectivity index (χ0) is 15.9. The average molecular weight is 397 g/mol. The third-order valence-corrected chi connectivity index (χ3v) is 9.66. The topological polar surface area (TPSA) is 295 Å². The van der Waals surface area contributed by atoms with E-state index in [4.69, 9.17) is 0 Å². The van der Waals surface area contributed by atoms with Gasteiger partial charge in [-0.05, 0) is 0 Å². The quantitative estimate of drug-likeness (QED) is 0.312. The first-order chi connectivity index (χ1) is 8.34. The van der Waals surface area contributed by atoms with Gasteiger partial charge in [0.15, 0.2) is 0 Å². The molecule has 0 amide bonds. The Morgan fingerprint density at radius 2 is 0.550 bits per heavy atom. The van der Waals surface area contributed by atoms with Crippen LogP contribution in [-0.4, -0.2) is 22.0 Å². The number of nitrogens with zero attached hydrogens (tertiary/aromatic N) is 6. The van der Waals surface area contributed by atoms with E-state index in [-0.39, 0.29) is 6.15 Å². The number of nitro groups is 6. The van der Waals surface area contributed by atoms with Crippen molar-refractivity contribution in [1.29, 1.82) is 0 Å². The Labute approximate surface area is 103 Å². The molecule has 0 aromatic rings. The third-order valence-electron chi connectivity index (χ3n) is 1.63. The van der Waals surface area contributed by atoms with E-state index in [1.165, 1.54) is 0 Å². The minimum atomic E-state index is -10.8. The van der Waals surface area contributed by atoms with Gasteiger partial charge >= 0.3 is 96.5 Å². The van der Waals surface area contributed by atoms with Crippen molar-refractivity contribution in [2.45, 2.75) is 0 Å². The van der Waals surface area contributed by atoms with Crippen LogP contribution in [0.15, 0.2) is 0 Å². The maximum Gasteiger partial charge on any atom is -0.369 e. The van der Waals surface area contributed by atoms with Crippen LogP contribution in [0, 0.1) is 60.7 Å². The Hall–Kier alpha value is -3.02. The zero-order valence-corrected chi connectivity index (χ0v) is 10.6. The summed E-state index contributed by atoms with van der Waals surface area (Å²) in [6.45, 7) is 0. The molecule has 119 valence electrons. The molecule has 0 radical (unpaired) electrons. The maximum absolute atomic E-state index is 10.8. The average Bonchev–Trinajstić information content (AvgIpc) is 2.15. The van der Waals surface area contributed by atoms with Crippen LogP contribution in [0.3, 0.4) is 0 Å². The van der Waals surface area contributed by atoms with Crippen LogP contribution in [0.4, 0.5) is 0 Å². The molecule has 0 aliphatic carbocycles. The van der Waals surface area contributed by atoms with Gasteiger partial charge in [-0.1, -0.05) is 0 Å². The van der Waals surface area contributed by atoms with Crippen molar-refractivity contribution < 1.29 is 35.9 Å². The Morgan fingerprint density at radius 3 is 0.550 bits per heavy atom. The summed E-state index contributed by atoms with van der Waals surface area (Å²) in [4.78, 5) is 63.3. The molecule has 0 aromatic carbocycles. The fourth-order valence-corrected chi connectivity index (χ4v) is 3.94. The largest absolute Gasteiger partial charge is 0.369 e. The Kier molecular flexibility index (Phi) is 3.86. The van der Waals surface area contributed by atoms with Crippen LogP contribution in [0.5, 0.6) is 0 Å². The Morgan fingerprint density at radius 1 is 0.450 bits per heavy atom. The molecule has 20 heavy (non-hydrogen) atoms. The summed E-state index contributed by atoms with van der Waals surface area (Å²) >= 11 is -10.8. The first-order valence-electron chi connectivity index (χ1n) is 3.09. The Balaban J connectivity index is 0. The minimum Gasteiger partial charge on any atom is -0.369 e. The van der Waals surface area contributed by atoms with Gasteiger partial charge in [0.05, 0.1) is 0 Å². The molecule has 0 rings (SSSR count). The fraction of sp³-hybridized carbons (Fsp3) is 0. The molecule has 0 spiro atoms. The van der Waals surface area contributed by atoms with Crippen molar-refractivity contribution in [3.05, 3.63) is 60.7 Å². The van der Waals surface area contributed by atoms with Crippen LogP contribution in [-0.2, 0) is 13.9 Å². The second-order valence-corrected chi connectivity index (χ2v) is 10.7. The first kappa shape index (κ1) is 19.3. The van der Waals surface area contributed by atoms with Gasteiger partial charge in [-0.2, -0.15) is 0 Å². The second kappa shape index (κ2) is 3.99. The van der Waals surface area contributed by atoms with Crippen molar-refractivity contribution in [3.63, 3.8) is 0 Å². The van der Waals surface area contributed by atoms with Gasteiger partial charge in [0.25, 0.3) is 0 Å². The van der Waals surface area contributed by atoms with Crippen molar-refractivity contribution in [2.75, 3.05) is 0 Å². The third kappa shape index (κ3) is 0.902. The summed E-state index contributed by atoms with van der Waals surface area (Å²) in [5.74, 6) is 0. The van der Waals surface area contributed by atoms with Gasteiger partial charge in [-0.15, -0.1) is 0 Å². The van der Waals surface area contributed by atoms with Gasteiger partial charge in [0.1, 0.15) is 0 Å². The molecule has 0 fully saturated rings. The number of rotatable bonds is 6. The number of quaternary nitrogens is 1. The van der Waals surface area contributed by atoms with E-state index in [0.29, 0.717) is 0 Å². The van der Waals surface area contributed by atoms with Crippen molar-refractivity contribution >= 4 is 0 Å². The van der Waals surface area contributed by atoms with Gasteiger partial charge in [-0.3, -0.25) is 0 Å². The van der Waals surface area contributed by atoms with Crippen molar-refractivity contribution in [1.82, 2.24) is 6.15 Å². The van der Waals surface area contributed by atoms with Crippen molar-refractivity contribution in [3.8, 4) is 0 Å². The molecule has 0 aliphatic heterocycles. The molecule has 0 saturated carbocycles. The molecule has 0 aromatic heterocycles. The Bertz CT molecular complexity index is 427. The van der Waals surface area contributed by atoms with Crippen LogP contribution in [0.1, 0.15) is 0 Å². The van der Waals surface area contributed by atoms with Crippen molar-refractivity contribution in [2.24, 2.45) is 0 Å². The predicted octanol–water partition coefficient (Wildman–Crippen LogP) is -1.26. The minimum absolute atomic E-state index is 0. The van der Waals surface area contributed by atoms with E-state index in [0.717, 1.165) is 0 Å². The van der Waals surface area contributed by atoms with E-state index in [2.05, 4.69) is 0 Å². The molecule has 0 aliphatic rings. The summed E-state index contributed by atoms with van der Waals surface area (Å²) in [6, 6.07) is 0. The first-order valence-corrected chi connectivity index (χ1v) is 7.48. The smallest absolute Gasteiger partial charge is 0.369 e. The van der Waals surface area contributed by atoms with Gasteiger partial charge in [0, 0.05) is 0 Å². The summed E-state index contributed by atoms with van der Waals surface area (Å²) in [6.07, 6.45) is 0. The zero-order valence-electron chi connectivity index (χ0n) is 8.92. The molecule has 0 heterocycles. The molecule has 20 heteroatoms. The molecular weight excluding hydrogens is 393 g/mol. The van der Waals surface area contributed by atoms with E-state index in [9.17, 15) is 60.7 Å². The van der Waals surface area contributed by atoms with Gasteiger partial charge in [0.2, 0.25) is 0 Å². The molecule has 0 saturated heterocycles. The van der Waals surface area contributed by atoms with Gasteiger partial charge < -0.3 is 6.15 Å². The monoisotopic (exact) mass is 397 g/mol. The molecule has 0 atom stereocenters. The molecule has 0 unspecified atom stereocenters. The number of hydrogen-bond acceptors (Lipinski definition) is 12. The van der Waals surface area contributed by atoms with E-state index < -0.39 is 35.9 Å². The predicted molar refractivity (Wildman–Crippen MR) is 48.0 cm³/mol. The summed E-state index contributed by atoms with van der Waals surface area (Å²) in [5.41, 5.74) is 0. The van der Waals surface area contributed by atoms with Crippen LogP contribution in [0.2, 0.25) is 0 Å². The standard InChI is InChI=1S/6NO2.H3N.Rh/c6*2-1-3;;/h;;;;;;1H3;/p+1.